The average molecular weight is 609 g/mol. The van der Waals surface area contributed by atoms with Gasteiger partial charge < -0.3 is 34.2 Å². The maximum atomic E-state index is 8.48. The second-order valence-corrected chi connectivity index (χ2v) is 8.84. The summed E-state index contributed by atoms with van der Waals surface area (Å²) in [6, 6.07) is 25.0. The van der Waals surface area contributed by atoms with Crippen molar-refractivity contribution in [2.45, 2.75) is 86.0 Å². The second kappa shape index (κ2) is 23.4. The molecule has 44 heavy (non-hydrogen) atoms. The smallest absolute Gasteiger partial charge is 0.161 e. The van der Waals surface area contributed by atoms with E-state index in [1.807, 2.05) is 114 Å². The Labute approximate surface area is 265 Å². The van der Waals surface area contributed by atoms with Crippen molar-refractivity contribution >= 4 is 0 Å². The maximum Gasteiger partial charge on any atom is 0.161 e. The first-order chi connectivity index (χ1) is 21.7. The fourth-order valence-electron chi connectivity index (χ4n) is 3.92. The Morgan fingerprint density at radius 3 is 1.32 bits per heavy atom. The highest BCUT2D eigenvalue weighted by molar-refractivity contribution is 5.42. The average Bonchev–Trinajstić information content (AvgIpc) is 3.11. The molecule has 0 bridgehead atoms. The molecular weight excluding hydrogens is 556 g/mol. The molecule has 242 valence electrons. The third kappa shape index (κ3) is 12.6. The SMILES string of the molecule is CC.CC.CC.CCC1COc2ccccc2O1.N#CCC1COc2ccccc2O1.NCCC1COc2ccccc2O1. The summed E-state index contributed by atoms with van der Waals surface area (Å²) in [7, 11) is 0. The first-order valence-corrected chi connectivity index (χ1v) is 15.9. The summed E-state index contributed by atoms with van der Waals surface area (Å²) in [5, 5.41) is 8.48. The molecular formula is C36H52N2O6. The van der Waals surface area contributed by atoms with Crippen LogP contribution in [0.25, 0.3) is 0 Å². The molecule has 8 nitrogen and oxygen atoms in total. The molecule has 0 amide bonds. The quantitative estimate of drug-likeness (QED) is 0.316. The molecule has 3 aliphatic rings. The monoisotopic (exact) mass is 608 g/mol. The van der Waals surface area contributed by atoms with Gasteiger partial charge in [0.05, 0.1) is 12.5 Å². The minimum atomic E-state index is -0.125. The number of hydrogen-bond donors (Lipinski definition) is 1. The number of nitrogens with zero attached hydrogens (tertiary/aromatic N) is 1. The first kappa shape index (κ1) is 37.9. The van der Waals surface area contributed by atoms with Crippen LogP contribution in [-0.4, -0.2) is 44.7 Å². The lowest BCUT2D eigenvalue weighted by Gasteiger charge is -2.25. The van der Waals surface area contributed by atoms with Gasteiger partial charge >= 0.3 is 0 Å². The molecule has 0 fully saturated rings. The third-order valence-corrected chi connectivity index (χ3v) is 5.97. The topological polar surface area (TPSA) is 105 Å². The molecule has 0 aromatic heterocycles. The molecule has 0 spiro atoms. The van der Waals surface area contributed by atoms with E-state index in [1.54, 1.807) is 0 Å². The Kier molecular flexibility index (Phi) is 20.2. The van der Waals surface area contributed by atoms with E-state index >= 15 is 0 Å². The molecule has 3 heterocycles. The molecule has 0 saturated heterocycles. The van der Waals surface area contributed by atoms with Crippen molar-refractivity contribution in [3.8, 4) is 40.6 Å². The Hall–Kier alpha value is -4.09. The van der Waals surface area contributed by atoms with Crippen LogP contribution in [0.5, 0.6) is 34.5 Å². The van der Waals surface area contributed by atoms with Crippen molar-refractivity contribution in [2.75, 3.05) is 26.4 Å². The second-order valence-electron chi connectivity index (χ2n) is 8.84. The fourth-order valence-corrected chi connectivity index (χ4v) is 3.92. The van der Waals surface area contributed by atoms with E-state index in [1.165, 1.54) is 0 Å². The highest BCUT2D eigenvalue weighted by Crippen LogP contribution is 2.33. The van der Waals surface area contributed by atoms with Crippen molar-refractivity contribution in [3.05, 3.63) is 72.8 Å². The number of fused-ring (bicyclic) bond motifs is 3. The summed E-state index contributed by atoms with van der Waals surface area (Å²) >= 11 is 0. The summed E-state index contributed by atoms with van der Waals surface area (Å²) in [6.07, 6.45) is 2.41. The largest absolute Gasteiger partial charge is 0.486 e. The van der Waals surface area contributed by atoms with Crippen LogP contribution in [0.1, 0.15) is 67.7 Å². The normalized spacial score (nSPS) is 17.6. The van der Waals surface area contributed by atoms with Gasteiger partial charge in [-0.25, -0.2) is 0 Å². The van der Waals surface area contributed by atoms with E-state index in [-0.39, 0.29) is 18.3 Å². The highest BCUT2D eigenvalue weighted by atomic mass is 16.6. The van der Waals surface area contributed by atoms with E-state index in [4.69, 9.17) is 39.4 Å². The minimum absolute atomic E-state index is 0.111. The van der Waals surface area contributed by atoms with Crippen LogP contribution in [0, 0.1) is 11.3 Å². The molecule has 2 N–H and O–H groups in total. The Morgan fingerprint density at radius 1 is 0.591 bits per heavy atom. The van der Waals surface area contributed by atoms with Gasteiger partial charge in [-0.15, -0.1) is 0 Å². The fraction of sp³-hybridized carbons (Fsp3) is 0.472. The Bertz CT molecular complexity index is 1200. The van der Waals surface area contributed by atoms with Crippen LogP contribution in [0.4, 0.5) is 0 Å². The van der Waals surface area contributed by atoms with Crippen molar-refractivity contribution in [1.29, 1.82) is 5.26 Å². The molecule has 0 aliphatic carbocycles. The lowest BCUT2D eigenvalue weighted by atomic mass is 10.2. The number of benzene rings is 3. The van der Waals surface area contributed by atoms with Gasteiger partial charge in [0.1, 0.15) is 38.1 Å². The molecule has 8 heteroatoms. The number of hydrogen-bond acceptors (Lipinski definition) is 8. The van der Waals surface area contributed by atoms with Crippen molar-refractivity contribution in [2.24, 2.45) is 5.73 Å². The molecule has 0 radical (unpaired) electrons. The zero-order valence-electron chi connectivity index (χ0n) is 27.6. The van der Waals surface area contributed by atoms with Gasteiger partial charge in [-0.3, -0.25) is 0 Å². The Morgan fingerprint density at radius 2 is 0.932 bits per heavy atom. The third-order valence-electron chi connectivity index (χ3n) is 5.97. The molecule has 3 atom stereocenters. The molecule has 3 unspecified atom stereocenters. The Balaban J connectivity index is 0.000000304. The lowest BCUT2D eigenvalue weighted by Crippen LogP contribution is -2.31. The molecule has 6 rings (SSSR count). The molecule has 0 saturated carbocycles. The van der Waals surface area contributed by atoms with Crippen LogP contribution >= 0.6 is 0 Å². The zero-order chi connectivity index (χ0) is 32.6. The van der Waals surface area contributed by atoms with Crippen molar-refractivity contribution in [1.82, 2.24) is 0 Å². The number of para-hydroxylation sites is 6. The molecule has 3 aromatic rings. The van der Waals surface area contributed by atoms with Crippen molar-refractivity contribution < 1.29 is 28.4 Å². The lowest BCUT2D eigenvalue weighted by molar-refractivity contribution is 0.0866. The highest BCUT2D eigenvalue weighted by Gasteiger charge is 2.21. The predicted octanol–water partition coefficient (Wildman–Crippen LogP) is 8.23. The van der Waals surface area contributed by atoms with Gasteiger partial charge in [0.25, 0.3) is 0 Å². The van der Waals surface area contributed by atoms with Gasteiger partial charge in [-0.2, -0.15) is 5.26 Å². The maximum absolute atomic E-state index is 8.48. The summed E-state index contributed by atoms with van der Waals surface area (Å²) in [5.74, 6) is 4.88. The van der Waals surface area contributed by atoms with E-state index in [9.17, 15) is 0 Å². The van der Waals surface area contributed by atoms with Crippen LogP contribution < -0.4 is 34.2 Å². The van der Waals surface area contributed by atoms with E-state index in [0.717, 1.165) is 47.3 Å². The van der Waals surface area contributed by atoms with Gasteiger partial charge in [-0.1, -0.05) is 84.9 Å². The zero-order valence-corrected chi connectivity index (χ0v) is 27.6. The molecule has 3 aliphatic heterocycles. The van der Waals surface area contributed by atoms with Gasteiger partial charge in [0.2, 0.25) is 0 Å². The van der Waals surface area contributed by atoms with Gasteiger partial charge in [0, 0.05) is 0 Å². The van der Waals surface area contributed by atoms with Crippen molar-refractivity contribution in [3.63, 3.8) is 0 Å². The van der Waals surface area contributed by atoms with Crippen LogP contribution in [-0.2, 0) is 0 Å². The predicted molar refractivity (Wildman–Crippen MR) is 177 cm³/mol. The summed E-state index contributed by atoms with van der Waals surface area (Å²) in [6.45, 7) is 16.5. The van der Waals surface area contributed by atoms with Crippen LogP contribution in [0.3, 0.4) is 0 Å². The van der Waals surface area contributed by atoms with E-state index in [2.05, 4.69) is 13.0 Å². The summed E-state index contributed by atoms with van der Waals surface area (Å²) in [4.78, 5) is 0. The standard InChI is InChI=1S/C10H13NO2.C10H9NO2.C10H12O2.3C2H6/c2*11-6-5-8-7-12-9-3-1-2-4-10(9)13-8;1-2-8-7-11-9-5-3-4-6-10(9)12-8;3*1-2/h1-4,8H,5-7,11H2;1-4,8H,5,7H2;3-6,8H,2,7H2,1H3;3*1-2H3. The number of nitriles is 1. The number of ether oxygens (including phenoxy) is 6. The summed E-state index contributed by atoms with van der Waals surface area (Å²) in [5.41, 5.74) is 5.44. The van der Waals surface area contributed by atoms with Crippen LogP contribution in [0.15, 0.2) is 72.8 Å². The molecule has 3 aromatic carbocycles. The number of rotatable bonds is 4. The van der Waals surface area contributed by atoms with E-state index < -0.39 is 0 Å². The first-order valence-electron chi connectivity index (χ1n) is 15.9. The number of nitrogens with two attached hydrogens (primary N) is 1. The van der Waals surface area contributed by atoms with E-state index in [0.29, 0.717) is 32.8 Å². The van der Waals surface area contributed by atoms with Crippen LogP contribution in [0.2, 0.25) is 0 Å². The van der Waals surface area contributed by atoms with Gasteiger partial charge in [-0.05, 0) is 55.8 Å². The summed E-state index contributed by atoms with van der Waals surface area (Å²) < 4.78 is 33.3. The minimum Gasteiger partial charge on any atom is -0.486 e. The van der Waals surface area contributed by atoms with Gasteiger partial charge in [0.15, 0.2) is 34.5 Å².